The number of rotatable bonds is 3. The van der Waals surface area contributed by atoms with Gasteiger partial charge in [0.25, 0.3) is 0 Å². The zero-order valence-corrected chi connectivity index (χ0v) is 14.0. The summed E-state index contributed by atoms with van der Waals surface area (Å²) in [6.07, 6.45) is 2.64. The first kappa shape index (κ1) is 17.3. The van der Waals surface area contributed by atoms with Crippen molar-refractivity contribution in [1.29, 1.82) is 0 Å². The summed E-state index contributed by atoms with van der Waals surface area (Å²) < 4.78 is 5.44. The van der Waals surface area contributed by atoms with E-state index in [0.717, 1.165) is 31.4 Å². The van der Waals surface area contributed by atoms with Gasteiger partial charge in [-0.3, -0.25) is 0 Å². The van der Waals surface area contributed by atoms with E-state index in [1.54, 1.807) is 17.0 Å². The number of carbonyl (C=O) groups excluding carboxylic acids is 1. The summed E-state index contributed by atoms with van der Waals surface area (Å²) in [6.45, 7) is 7.04. The highest BCUT2D eigenvalue weighted by atomic mass is 16.6. The third-order valence-corrected chi connectivity index (χ3v) is 3.90. The van der Waals surface area contributed by atoms with Gasteiger partial charge in [-0.05, 0) is 63.6 Å². The first-order valence-corrected chi connectivity index (χ1v) is 8.05. The van der Waals surface area contributed by atoms with E-state index in [-0.39, 0.29) is 6.09 Å². The minimum atomic E-state index is -0.912. The number of carboxylic acids is 1. The molecule has 0 radical (unpaired) electrons. The second-order valence-corrected chi connectivity index (χ2v) is 7.14. The molecule has 1 aliphatic heterocycles. The second kappa shape index (κ2) is 7.02. The van der Waals surface area contributed by atoms with E-state index in [0.29, 0.717) is 18.0 Å². The first-order chi connectivity index (χ1) is 10.7. The van der Waals surface area contributed by atoms with Crippen molar-refractivity contribution in [3.05, 3.63) is 35.4 Å². The SMILES string of the molecule is CC(C)(C)OC(=O)N1CCC[C@H](Cc2ccc(C(=O)O)cc2)C1. The lowest BCUT2D eigenvalue weighted by atomic mass is 9.91. The second-order valence-electron chi connectivity index (χ2n) is 7.14. The molecular formula is C18H25NO4. The van der Waals surface area contributed by atoms with Crippen LogP contribution in [0.5, 0.6) is 0 Å². The van der Waals surface area contributed by atoms with Crippen LogP contribution in [0, 0.1) is 5.92 Å². The number of amides is 1. The number of carboxylic acid groups (broad SMARTS) is 1. The Bertz CT molecular complexity index is 559. The summed E-state index contributed by atoms with van der Waals surface area (Å²) in [5, 5.41) is 8.93. The molecule has 1 heterocycles. The van der Waals surface area contributed by atoms with Crippen LogP contribution in [0.4, 0.5) is 4.79 Å². The zero-order chi connectivity index (χ0) is 17.0. The highest BCUT2D eigenvalue weighted by Gasteiger charge is 2.27. The minimum Gasteiger partial charge on any atom is -0.478 e. The van der Waals surface area contributed by atoms with Crippen LogP contribution in [0.1, 0.15) is 49.5 Å². The van der Waals surface area contributed by atoms with Gasteiger partial charge in [0.05, 0.1) is 5.56 Å². The molecule has 1 N–H and O–H groups in total. The van der Waals surface area contributed by atoms with E-state index in [1.165, 1.54) is 0 Å². The average Bonchev–Trinajstić information content (AvgIpc) is 2.46. The van der Waals surface area contributed by atoms with Crippen molar-refractivity contribution >= 4 is 12.1 Å². The van der Waals surface area contributed by atoms with E-state index in [4.69, 9.17) is 9.84 Å². The molecule has 23 heavy (non-hydrogen) atoms. The Morgan fingerprint density at radius 3 is 2.48 bits per heavy atom. The van der Waals surface area contributed by atoms with Gasteiger partial charge in [-0.1, -0.05) is 12.1 Å². The maximum Gasteiger partial charge on any atom is 0.410 e. The fourth-order valence-corrected chi connectivity index (χ4v) is 2.84. The molecule has 126 valence electrons. The standard InChI is InChI=1S/C18H25NO4/c1-18(2,3)23-17(22)19-10-4-5-14(12-19)11-13-6-8-15(9-7-13)16(20)21/h6-9,14H,4-5,10-12H2,1-3H3,(H,20,21)/t14-/m1/s1. The van der Waals surface area contributed by atoms with Crippen LogP contribution in [0.15, 0.2) is 24.3 Å². The van der Waals surface area contributed by atoms with Crippen LogP contribution in [0.25, 0.3) is 0 Å². The Balaban J connectivity index is 1.93. The molecule has 1 aromatic rings. The van der Waals surface area contributed by atoms with Crippen molar-refractivity contribution in [2.45, 2.75) is 45.6 Å². The van der Waals surface area contributed by atoms with Crippen LogP contribution in [0.3, 0.4) is 0 Å². The molecule has 1 atom stereocenters. The molecule has 1 fully saturated rings. The molecule has 1 aliphatic rings. The van der Waals surface area contributed by atoms with Gasteiger partial charge in [0.2, 0.25) is 0 Å². The topological polar surface area (TPSA) is 66.8 Å². The molecule has 0 unspecified atom stereocenters. The van der Waals surface area contributed by atoms with Crippen molar-refractivity contribution in [2.24, 2.45) is 5.92 Å². The van der Waals surface area contributed by atoms with Crippen LogP contribution < -0.4 is 0 Å². The van der Waals surface area contributed by atoms with E-state index < -0.39 is 11.6 Å². The zero-order valence-electron chi connectivity index (χ0n) is 14.0. The van der Waals surface area contributed by atoms with Gasteiger partial charge in [-0.2, -0.15) is 0 Å². The quantitative estimate of drug-likeness (QED) is 0.925. The Kier molecular flexibility index (Phi) is 5.29. The number of piperidine rings is 1. The lowest BCUT2D eigenvalue weighted by molar-refractivity contribution is 0.0166. The molecule has 5 heteroatoms. The van der Waals surface area contributed by atoms with Crippen LogP contribution in [-0.2, 0) is 11.2 Å². The fraction of sp³-hybridized carbons (Fsp3) is 0.556. The number of aromatic carboxylic acids is 1. The first-order valence-electron chi connectivity index (χ1n) is 8.05. The predicted octanol–water partition coefficient (Wildman–Crippen LogP) is 3.57. The number of likely N-dealkylation sites (tertiary alicyclic amines) is 1. The van der Waals surface area contributed by atoms with Crippen LogP contribution >= 0.6 is 0 Å². The smallest absolute Gasteiger partial charge is 0.410 e. The Morgan fingerprint density at radius 2 is 1.91 bits per heavy atom. The van der Waals surface area contributed by atoms with Crippen molar-refractivity contribution < 1.29 is 19.4 Å². The summed E-state index contributed by atoms with van der Waals surface area (Å²) in [5.41, 5.74) is 0.926. The van der Waals surface area contributed by atoms with E-state index >= 15 is 0 Å². The number of hydrogen-bond donors (Lipinski definition) is 1. The monoisotopic (exact) mass is 319 g/mol. The van der Waals surface area contributed by atoms with Crippen LogP contribution in [0.2, 0.25) is 0 Å². The third kappa shape index (κ3) is 5.27. The van der Waals surface area contributed by atoms with Gasteiger partial charge in [0, 0.05) is 13.1 Å². The average molecular weight is 319 g/mol. The van der Waals surface area contributed by atoms with Gasteiger partial charge < -0.3 is 14.7 Å². The molecule has 0 saturated carbocycles. The summed E-state index contributed by atoms with van der Waals surface area (Å²) in [5.74, 6) is -0.530. The van der Waals surface area contributed by atoms with Crippen LogP contribution in [-0.4, -0.2) is 40.8 Å². The molecule has 0 aliphatic carbocycles. The largest absolute Gasteiger partial charge is 0.478 e. The number of benzene rings is 1. The molecule has 1 amide bonds. The van der Waals surface area contributed by atoms with Gasteiger partial charge >= 0.3 is 12.1 Å². The van der Waals surface area contributed by atoms with Gasteiger partial charge in [0.15, 0.2) is 0 Å². The van der Waals surface area contributed by atoms with Gasteiger partial charge in [-0.15, -0.1) is 0 Å². The van der Waals surface area contributed by atoms with Crippen molar-refractivity contribution in [3.8, 4) is 0 Å². The Morgan fingerprint density at radius 1 is 1.26 bits per heavy atom. The highest BCUT2D eigenvalue weighted by Crippen LogP contribution is 2.23. The lowest BCUT2D eigenvalue weighted by Gasteiger charge is -2.34. The fourth-order valence-electron chi connectivity index (χ4n) is 2.84. The van der Waals surface area contributed by atoms with Gasteiger partial charge in [0.1, 0.15) is 5.60 Å². The van der Waals surface area contributed by atoms with E-state index in [2.05, 4.69) is 0 Å². The molecule has 1 saturated heterocycles. The molecule has 0 bridgehead atoms. The summed E-state index contributed by atoms with van der Waals surface area (Å²) in [6, 6.07) is 6.98. The predicted molar refractivity (Wildman–Crippen MR) is 87.6 cm³/mol. The maximum atomic E-state index is 12.2. The minimum absolute atomic E-state index is 0.247. The van der Waals surface area contributed by atoms with Crippen molar-refractivity contribution in [3.63, 3.8) is 0 Å². The summed E-state index contributed by atoms with van der Waals surface area (Å²) in [7, 11) is 0. The normalized spacial score (nSPS) is 18.6. The molecule has 1 aromatic carbocycles. The molecule has 0 aromatic heterocycles. The Labute approximate surface area is 137 Å². The molecular weight excluding hydrogens is 294 g/mol. The summed E-state index contributed by atoms with van der Waals surface area (Å²) >= 11 is 0. The molecule has 2 rings (SSSR count). The van der Waals surface area contributed by atoms with E-state index in [1.807, 2.05) is 32.9 Å². The molecule has 0 spiro atoms. The van der Waals surface area contributed by atoms with Gasteiger partial charge in [-0.25, -0.2) is 9.59 Å². The number of carbonyl (C=O) groups is 2. The summed E-state index contributed by atoms with van der Waals surface area (Å²) in [4.78, 5) is 24.8. The number of ether oxygens (including phenoxy) is 1. The third-order valence-electron chi connectivity index (χ3n) is 3.90. The highest BCUT2D eigenvalue weighted by molar-refractivity contribution is 5.87. The molecule has 5 nitrogen and oxygen atoms in total. The number of nitrogens with zero attached hydrogens (tertiary/aromatic N) is 1. The van der Waals surface area contributed by atoms with E-state index in [9.17, 15) is 9.59 Å². The lowest BCUT2D eigenvalue weighted by Crippen LogP contribution is -2.43. The number of hydrogen-bond acceptors (Lipinski definition) is 3. The maximum absolute atomic E-state index is 12.2. The van der Waals surface area contributed by atoms with Crippen molar-refractivity contribution in [2.75, 3.05) is 13.1 Å². The Hall–Kier alpha value is -2.04. The van der Waals surface area contributed by atoms with Crippen molar-refractivity contribution in [1.82, 2.24) is 4.90 Å².